The first-order valence-corrected chi connectivity index (χ1v) is 11.4. The van der Waals surface area contributed by atoms with E-state index in [1.165, 1.54) is 29.9 Å². The average Bonchev–Trinajstić information content (AvgIpc) is 3.27. The molecule has 0 bridgehead atoms. The molecular weight excluding hydrogens is 506 g/mol. The van der Waals surface area contributed by atoms with E-state index in [0.29, 0.717) is 16.8 Å². The number of alkyl halides is 3. The van der Waals surface area contributed by atoms with Gasteiger partial charge in [-0.2, -0.15) is 23.3 Å². The number of carboxylic acid groups (broad SMARTS) is 1. The lowest BCUT2D eigenvalue weighted by molar-refractivity contribution is -0.198. The zero-order chi connectivity index (χ0) is 27.6. The van der Waals surface area contributed by atoms with E-state index in [4.69, 9.17) is 15.6 Å². The number of ether oxygens (including phenoxy) is 1. The highest BCUT2D eigenvalue weighted by molar-refractivity contribution is 5.73. The largest absolute Gasteiger partial charge is 0.480 e. The Hall–Kier alpha value is -4.32. The quantitative estimate of drug-likeness (QED) is 0.317. The normalized spacial score (nSPS) is 13.2. The van der Waals surface area contributed by atoms with E-state index in [1.807, 2.05) is 0 Å². The molecule has 0 saturated carbocycles. The SMILES string of the molecule is Cc1ccn(-c2ccc(F)cc2C(Oc2cc(-c3ccc(CC(N)C(=O)O)cc3)nc(C)n2)C(F)(F)F)n1. The van der Waals surface area contributed by atoms with E-state index in [-0.39, 0.29) is 29.5 Å². The molecule has 2 aromatic heterocycles. The standard InChI is InChI=1S/C26H23F4N5O3/c1-14-9-10-35(34-14)22-8-7-18(27)12-19(22)24(26(28,29)30)38-23-13-21(32-15(2)33-23)17-5-3-16(4-6-17)11-20(31)25(36)37/h3-10,12-13,20,24H,11,31H2,1-2H3,(H,36,37). The highest BCUT2D eigenvalue weighted by Crippen LogP contribution is 2.39. The maximum absolute atomic E-state index is 14.3. The lowest BCUT2D eigenvalue weighted by Crippen LogP contribution is -2.32. The van der Waals surface area contributed by atoms with Crippen molar-refractivity contribution < 1.29 is 32.2 Å². The molecule has 0 spiro atoms. The van der Waals surface area contributed by atoms with Gasteiger partial charge in [0.05, 0.1) is 17.1 Å². The third kappa shape index (κ3) is 6.14. The first-order chi connectivity index (χ1) is 17.9. The number of carboxylic acids is 1. The second kappa shape index (κ2) is 10.6. The number of hydrogen-bond acceptors (Lipinski definition) is 6. The molecule has 2 heterocycles. The van der Waals surface area contributed by atoms with Gasteiger partial charge in [-0.05, 0) is 50.1 Å². The third-order valence-corrected chi connectivity index (χ3v) is 5.61. The van der Waals surface area contributed by atoms with Crippen LogP contribution in [0.5, 0.6) is 5.88 Å². The topological polar surface area (TPSA) is 116 Å². The molecular formula is C26H23F4N5O3. The number of hydrogen-bond donors (Lipinski definition) is 2. The van der Waals surface area contributed by atoms with Gasteiger partial charge < -0.3 is 15.6 Å². The predicted molar refractivity (Wildman–Crippen MR) is 129 cm³/mol. The molecule has 198 valence electrons. The summed E-state index contributed by atoms with van der Waals surface area (Å²) in [5, 5.41) is 13.1. The van der Waals surface area contributed by atoms with Crippen LogP contribution in [0.25, 0.3) is 16.9 Å². The average molecular weight is 529 g/mol. The monoisotopic (exact) mass is 529 g/mol. The highest BCUT2D eigenvalue weighted by atomic mass is 19.4. The maximum Gasteiger partial charge on any atom is 0.429 e. The van der Waals surface area contributed by atoms with Crippen LogP contribution in [-0.2, 0) is 11.2 Å². The van der Waals surface area contributed by atoms with Gasteiger partial charge in [-0.25, -0.2) is 14.1 Å². The number of aromatic nitrogens is 4. The molecule has 8 nitrogen and oxygen atoms in total. The minimum atomic E-state index is -4.92. The van der Waals surface area contributed by atoms with E-state index >= 15 is 0 Å². The van der Waals surface area contributed by atoms with E-state index in [0.717, 1.165) is 12.1 Å². The van der Waals surface area contributed by atoms with Crippen LogP contribution in [0.2, 0.25) is 0 Å². The fraction of sp³-hybridized carbons (Fsp3) is 0.231. The summed E-state index contributed by atoms with van der Waals surface area (Å²) in [7, 11) is 0. The molecule has 0 aliphatic rings. The zero-order valence-electron chi connectivity index (χ0n) is 20.3. The summed E-state index contributed by atoms with van der Waals surface area (Å²) in [6, 6.07) is 11.4. The molecule has 3 N–H and O–H groups in total. The maximum atomic E-state index is 14.3. The van der Waals surface area contributed by atoms with Crippen LogP contribution in [0, 0.1) is 19.7 Å². The second-order valence-corrected chi connectivity index (χ2v) is 8.63. The number of carbonyl (C=O) groups is 1. The van der Waals surface area contributed by atoms with Gasteiger partial charge in [-0.15, -0.1) is 0 Å². The lowest BCUT2D eigenvalue weighted by atomic mass is 10.0. The molecule has 2 atom stereocenters. The molecule has 2 aromatic carbocycles. The summed E-state index contributed by atoms with van der Waals surface area (Å²) < 4.78 is 63.6. The van der Waals surface area contributed by atoms with Gasteiger partial charge in [0.1, 0.15) is 17.7 Å². The van der Waals surface area contributed by atoms with Crippen molar-refractivity contribution in [2.75, 3.05) is 0 Å². The smallest absolute Gasteiger partial charge is 0.429 e. The summed E-state index contributed by atoms with van der Waals surface area (Å²) in [5.41, 5.74) is 7.14. The number of nitrogens with two attached hydrogens (primary N) is 1. The Labute approximate surface area is 214 Å². The van der Waals surface area contributed by atoms with E-state index in [1.54, 1.807) is 37.3 Å². The van der Waals surface area contributed by atoms with Crippen molar-refractivity contribution in [3.63, 3.8) is 0 Å². The molecule has 0 radical (unpaired) electrons. The van der Waals surface area contributed by atoms with Gasteiger partial charge in [0.2, 0.25) is 12.0 Å². The van der Waals surface area contributed by atoms with Gasteiger partial charge in [0.15, 0.2) is 0 Å². The Balaban J connectivity index is 1.69. The first-order valence-electron chi connectivity index (χ1n) is 11.4. The summed E-state index contributed by atoms with van der Waals surface area (Å²) in [6.07, 6.45) is -5.90. The van der Waals surface area contributed by atoms with E-state index in [9.17, 15) is 22.4 Å². The van der Waals surface area contributed by atoms with Crippen LogP contribution in [-0.4, -0.2) is 43.0 Å². The van der Waals surface area contributed by atoms with Crippen LogP contribution in [0.1, 0.15) is 28.7 Å². The fourth-order valence-corrected chi connectivity index (χ4v) is 3.82. The Bertz CT molecular complexity index is 1450. The van der Waals surface area contributed by atoms with Gasteiger partial charge in [-0.3, -0.25) is 4.79 Å². The number of aryl methyl sites for hydroxylation is 2. The molecule has 4 aromatic rings. The molecule has 2 unspecified atom stereocenters. The van der Waals surface area contributed by atoms with Crippen LogP contribution >= 0.6 is 0 Å². The highest BCUT2D eigenvalue weighted by Gasteiger charge is 2.45. The Kier molecular flexibility index (Phi) is 7.44. The van der Waals surface area contributed by atoms with Crippen LogP contribution in [0.3, 0.4) is 0 Å². The second-order valence-electron chi connectivity index (χ2n) is 8.63. The number of benzene rings is 2. The number of rotatable bonds is 8. The zero-order valence-corrected chi connectivity index (χ0v) is 20.3. The predicted octanol–water partition coefficient (Wildman–Crippen LogP) is 4.72. The molecule has 0 amide bonds. The molecule has 0 aliphatic carbocycles. The van der Waals surface area contributed by atoms with Crippen LogP contribution < -0.4 is 10.5 Å². The van der Waals surface area contributed by atoms with Gasteiger partial charge in [-0.1, -0.05) is 24.3 Å². The Morgan fingerprint density at radius 2 is 1.79 bits per heavy atom. The Morgan fingerprint density at radius 3 is 2.39 bits per heavy atom. The van der Waals surface area contributed by atoms with Crippen molar-refractivity contribution in [2.45, 2.75) is 38.6 Å². The molecule has 0 fully saturated rings. The molecule has 0 saturated heterocycles. The van der Waals surface area contributed by atoms with E-state index < -0.39 is 35.7 Å². The molecule has 4 rings (SSSR count). The summed E-state index contributed by atoms with van der Waals surface area (Å²) in [6.45, 7) is 3.18. The number of aliphatic carboxylic acids is 1. The van der Waals surface area contributed by atoms with E-state index in [2.05, 4.69) is 15.1 Å². The van der Waals surface area contributed by atoms with Gasteiger partial charge in [0, 0.05) is 23.4 Å². The number of nitrogens with zero attached hydrogens (tertiary/aromatic N) is 4. The van der Waals surface area contributed by atoms with Crippen LogP contribution in [0.4, 0.5) is 17.6 Å². The van der Waals surface area contributed by atoms with Crippen molar-refractivity contribution in [3.05, 3.63) is 89.3 Å². The minimum absolute atomic E-state index is 0.00276. The summed E-state index contributed by atoms with van der Waals surface area (Å²) >= 11 is 0. The molecule has 38 heavy (non-hydrogen) atoms. The van der Waals surface area contributed by atoms with Crippen molar-refractivity contribution in [1.29, 1.82) is 0 Å². The van der Waals surface area contributed by atoms with Crippen molar-refractivity contribution in [1.82, 2.24) is 19.7 Å². The lowest BCUT2D eigenvalue weighted by Gasteiger charge is -2.24. The van der Waals surface area contributed by atoms with Crippen molar-refractivity contribution in [2.24, 2.45) is 5.73 Å². The van der Waals surface area contributed by atoms with Gasteiger partial charge in [0.25, 0.3) is 0 Å². The van der Waals surface area contributed by atoms with Crippen molar-refractivity contribution in [3.8, 4) is 22.8 Å². The first kappa shape index (κ1) is 26.7. The molecule has 12 heteroatoms. The fourth-order valence-electron chi connectivity index (χ4n) is 3.82. The number of halogens is 4. The molecule has 0 aliphatic heterocycles. The van der Waals surface area contributed by atoms with Crippen molar-refractivity contribution >= 4 is 5.97 Å². The minimum Gasteiger partial charge on any atom is -0.480 e. The summed E-state index contributed by atoms with van der Waals surface area (Å²) in [4.78, 5) is 19.3. The summed E-state index contributed by atoms with van der Waals surface area (Å²) in [5.74, 6) is -2.21. The third-order valence-electron chi connectivity index (χ3n) is 5.61. The Morgan fingerprint density at radius 1 is 1.08 bits per heavy atom. The van der Waals surface area contributed by atoms with Crippen LogP contribution in [0.15, 0.2) is 60.8 Å². The van der Waals surface area contributed by atoms with Gasteiger partial charge >= 0.3 is 12.1 Å².